The summed E-state index contributed by atoms with van der Waals surface area (Å²) >= 11 is 0. The Balaban J connectivity index is 2.05. The number of aryl methyl sites for hydroxylation is 1. The first-order chi connectivity index (χ1) is 11.4. The second-order valence-corrected chi connectivity index (χ2v) is 7.17. The highest BCUT2D eigenvalue weighted by Crippen LogP contribution is 2.54. The highest BCUT2D eigenvalue weighted by molar-refractivity contribution is 5.88. The topological polar surface area (TPSA) is 57.5 Å². The predicted molar refractivity (Wildman–Crippen MR) is 94.0 cm³/mol. The predicted octanol–water partition coefficient (Wildman–Crippen LogP) is 3.70. The van der Waals surface area contributed by atoms with Crippen molar-refractivity contribution >= 4 is 5.97 Å². The van der Waals surface area contributed by atoms with Crippen molar-refractivity contribution in [3.8, 4) is 11.8 Å². The third-order valence-electron chi connectivity index (χ3n) is 5.87. The van der Waals surface area contributed by atoms with Crippen LogP contribution in [0.25, 0.3) is 0 Å². The molecule has 0 bridgehead atoms. The lowest BCUT2D eigenvalue weighted by molar-refractivity contribution is -0.00718. The van der Waals surface area contributed by atoms with Crippen LogP contribution < -0.4 is 0 Å². The molecule has 0 saturated heterocycles. The van der Waals surface area contributed by atoms with E-state index >= 15 is 0 Å². The lowest BCUT2D eigenvalue weighted by Gasteiger charge is -2.52. The fourth-order valence-corrected chi connectivity index (χ4v) is 4.80. The maximum atomic E-state index is 11.3. The minimum absolute atomic E-state index is 0.0476. The Morgan fingerprint density at radius 1 is 1.46 bits per heavy atom. The molecule has 126 valence electrons. The Morgan fingerprint density at radius 3 is 2.92 bits per heavy atom. The zero-order chi connectivity index (χ0) is 17.4. The van der Waals surface area contributed by atoms with Crippen molar-refractivity contribution in [3.05, 3.63) is 47.5 Å². The summed E-state index contributed by atoms with van der Waals surface area (Å²) in [5, 5.41) is 20.0. The number of carbonyl (C=O) groups is 1. The third kappa shape index (κ3) is 2.65. The summed E-state index contributed by atoms with van der Waals surface area (Å²) in [6.45, 7) is 5.72. The molecule has 1 saturated carbocycles. The van der Waals surface area contributed by atoms with E-state index in [-0.39, 0.29) is 5.41 Å². The molecule has 3 atom stereocenters. The van der Waals surface area contributed by atoms with Gasteiger partial charge >= 0.3 is 5.97 Å². The van der Waals surface area contributed by atoms with Crippen molar-refractivity contribution in [2.45, 2.75) is 56.5 Å². The van der Waals surface area contributed by atoms with Crippen LogP contribution in [0.1, 0.15) is 60.5 Å². The molecule has 2 N–H and O–H groups in total. The lowest BCUT2D eigenvalue weighted by Crippen LogP contribution is -2.49. The van der Waals surface area contributed by atoms with E-state index in [1.807, 2.05) is 18.2 Å². The second kappa shape index (κ2) is 6.11. The van der Waals surface area contributed by atoms with Gasteiger partial charge in [-0.25, -0.2) is 4.79 Å². The number of carboxylic acid groups (broad SMARTS) is 1. The lowest BCUT2D eigenvalue weighted by atomic mass is 9.53. The highest BCUT2D eigenvalue weighted by atomic mass is 16.4. The maximum absolute atomic E-state index is 11.3. The largest absolute Gasteiger partial charge is 0.478 e. The van der Waals surface area contributed by atoms with Crippen LogP contribution in [0.15, 0.2) is 30.9 Å². The molecular formula is C21H24O3. The smallest absolute Gasteiger partial charge is 0.335 e. The molecule has 1 fully saturated rings. The normalized spacial score (nSPS) is 31.2. The molecule has 2 aliphatic carbocycles. The number of rotatable bonds is 3. The summed E-state index contributed by atoms with van der Waals surface area (Å²) in [4.78, 5) is 11.3. The number of benzene rings is 1. The molecule has 1 aromatic carbocycles. The van der Waals surface area contributed by atoms with Crippen LogP contribution in [-0.4, -0.2) is 21.8 Å². The molecule has 3 rings (SSSR count). The number of allylic oxidation sites excluding steroid dienone is 1. The van der Waals surface area contributed by atoms with Gasteiger partial charge in [0.1, 0.15) is 5.60 Å². The van der Waals surface area contributed by atoms with Crippen LogP contribution in [0.5, 0.6) is 0 Å². The monoisotopic (exact) mass is 324 g/mol. The summed E-state index contributed by atoms with van der Waals surface area (Å²) in [5.74, 6) is 5.34. The van der Waals surface area contributed by atoms with Gasteiger partial charge in [-0.05, 0) is 74.6 Å². The van der Waals surface area contributed by atoms with E-state index in [1.165, 1.54) is 5.56 Å². The van der Waals surface area contributed by atoms with E-state index in [2.05, 4.69) is 18.4 Å². The third-order valence-corrected chi connectivity index (χ3v) is 5.87. The minimum atomic E-state index is -0.886. The average molecular weight is 324 g/mol. The van der Waals surface area contributed by atoms with E-state index in [1.54, 1.807) is 13.0 Å². The van der Waals surface area contributed by atoms with Crippen molar-refractivity contribution in [1.29, 1.82) is 0 Å². The van der Waals surface area contributed by atoms with E-state index in [0.717, 1.165) is 31.2 Å². The molecule has 1 aromatic rings. The molecule has 0 amide bonds. The molecule has 0 heterocycles. The summed E-state index contributed by atoms with van der Waals surface area (Å²) in [6, 6.07) is 5.52. The minimum Gasteiger partial charge on any atom is -0.478 e. The van der Waals surface area contributed by atoms with Gasteiger partial charge in [0.15, 0.2) is 0 Å². The highest BCUT2D eigenvalue weighted by Gasteiger charge is 2.50. The van der Waals surface area contributed by atoms with Gasteiger partial charge in [-0.3, -0.25) is 0 Å². The molecular weight excluding hydrogens is 300 g/mol. The first-order valence-corrected chi connectivity index (χ1v) is 8.58. The van der Waals surface area contributed by atoms with Crippen molar-refractivity contribution in [3.63, 3.8) is 0 Å². The zero-order valence-electron chi connectivity index (χ0n) is 14.1. The van der Waals surface area contributed by atoms with Gasteiger partial charge in [0.2, 0.25) is 0 Å². The van der Waals surface area contributed by atoms with Crippen molar-refractivity contribution in [2.75, 3.05) is 0 Å². The maximum Gasteiger partial charge on any atom is 0.335 e. The van der Waals surface area contributed by atoms with Crippen LogP contribution in [0, 0.1) is 17.8 Å². The molecule has 2 aliphatic rings. The molecule has 24 heavy (non-hydrogen) atoms. The van der Waals surface area contributed by atoms with Crippen molar-refractivity contribution in [2.24, 2.45) is 5.92 Å². The number of carboxylic acids is 1. The quantitative estimate of drug-likeness (QED) is 0.658. The average Bonchev–Trinajstić information content (AvgIpc) is 2.55. The first-order valence-electron chi connectivity index (χ1n) is 8.58. The second-order valence-electron chi connectivity index (χ2n) is 7.17. The van der Waals surface area contributed by atoms with Gasteiger partial charge in [0.25, 0.3) is 0 Å². The Hall–Kier alpha value is -2.05. The molecule has 0 unspecified atom stereocenters. The molecule has 3 heteroatoms. The van der Waals surface area contributed by atoms with Crippen LogP contribution in [-0.2, 0) is 11.8 Å². The number of aromatic carboxylic acids is 1. The van der Waals surface area contributed by atoms with E-state index in [9.17, 15) is 15.0 Å². The van der Waals surface area contributed by atoms with Gasteiger partial charge in [-0.1, -0.05) is 18.1 Å². The molecule has 0 aromatic heterocycles. The van der Waals surface area contributed by atoms with Crippen LogP contribution in [0.3, 0.4) is 0 Å². The van der Waals surface area contributed by atoms with Gasteiger partial charge < -0.3 is 10.2 Å². The first kappa shape index (κ1) is 16.8. The van der Waals surface area contributed by atoms with Gasteiger partial charge in [-0.15, -0.1) is 12.5 Å². The fourth-order valence-electron chi connectivity index (χ4n) is 4.80. The Labute approximate surface area is 143 Å². The SMILES string of the molecule is C=CC[C@@]12CC[C@](O)(C#CC)C[C@H]1CCc1cc(C(=O)O)ccc12. The number of hydrogen-bond donors (Lipinski definition) is 2. The fraction of sp³-hybridized carbons (Fsp3) is 0.476. The van der Waals surface area contributed by atoms with E-state index in [0.29, 0.717) is 24.3 Å². The van der Waals surface area contributed by atoms with Gasteiger partial charge in [0, 0.05) is 5.41 Å². The molecule has 0 radical (unpaired) electrons. The standard InChI is InChI=1S/C21H24O3/c1-3-9-20(24)11-12-21(10-4-2)17(14-20)7-5-15-13-16(19(22)23)6-8-18(15)21/h4,6,8,13,17,24H,2,5,7,10-12,14H2,1H3,(H,22,23)/t17-,20-,21-/m1/s1. The molecule has 0 aliphatic heterocycles. The van der Waals surface area contributed by atoms with Crippen LogP contribution in [0.4, 0.5) is 0 Å². The number of fused-ring (bicyclic) bond motifs is 3. The Kier molecular flexibility index (Phi) is 4.27. The van der Waals surface area contributed by atoms with Gasteiger partial charge in [-0.2, -0.15) is 0 Å². The van der Waals surface area contributed by atoms with Gasteiger partial charge in [0.05, 0.1) is 5.56 Å². The Bertz CT molecular complexity index is 739. The van der Waals surface area contributed by atoms with Crippen LogP contribution >= 0.6 is 0 Å². The summed E-state index contributed by atoms with van der Waals surface area (Å²) < 4.78 is 0. The number of hydrogen-bond acceptors (Lipinski definition) is 2. The van der Waals surface area contributed by atoms with Crippen LogP contribution in [0.2, 0.25) is 0 Å². The van der Waals surface area contributed by atoms with E-state index in [4.69, 9.17) is 0 Å². The summed E-state index contributed by atoms with van der Waals surface area (Å²) in [6.07, 6.45) is 6.82. The zero-order valence-corrected chi connectivity index (χ0v) is 14.1. The van der Waals surface area contributed by atoms with Crippen molar-refractivity contribution in [1.82, 2.24) is 0 Å². The Morgan fingerprint density at radius 2 is 2.25 bits per heavy atom. The molecule has 3 nitrogen and oxygen atoms in total. The summed E-state index contributed by atoms with van der Waals surface area (Å²) in [5.41, 5.74) is 1.80. The number of aliphatic hydroxyl groups is 1. The molecule has 0 spiro atoms. The van der Waals surface area contributed by atoms with Crippen molar-refractivity contribution < 1.29 is 15.0 Å². The summed E-state index contributed by atoms with van der Waals surface area (Å²) in [7, 11) is 0. The van der Waals surface area contributed by atoms with E-state index < -0.39 is 11.6 Å².